The topological polar surface area (TPSA) is 97.1 Å². The van der Waals surface area contributed by atoms with E-state index in [1.165, 1.54) is 6.07 Å². The minimum Gasteiger partial charge on any atom is -0.414 e. The maximum atomic E-state index is 13.5. The highest BCUT2D eigenvalue weighted by molar-refractivity contribution is 7.99. The minimum atomic E-state index is -0.964. The Morgan fingerprint density at radius 2 is 1.85 bits per heavy atom. The van der Waals surface area contributed by atoms with Crippen molar-refractivity contribution >= 4 is 23.6 Å². The fourth-order valence-corrected chi connectivity index (χ4v) is 2.49. The lowest BCUT2D eigenvalue weighted by Crippen LogP contribution is -2.41. The van der Waals surface area contributed by atoms with Gasteiger partial charge in [-0.2, -0.15) is 0 Å². The first-order chi connectivity index (χ1) is 12.2. The van der Waals surface area contributed by atoms with E-state index >= 15 is 0 Å². The molecular weight excluding hydrogens is 366 g/mol. The fourth-order valence-electron chi connectivity index (χ4n) is 1.91. The van der Waals surface area contributed by atoms with Gasteiger partial charge in [-0.15, -0.1) is 10.2 Å². The van der Waals surface area contributed by atoms with Crippen molar-refractivity contribution in [2.75, 3.05) is 5.75 Å². The molecule has 0 aliphatic rings. The zero-order valence-electron chi connectivity index (χ0n) is 14.4. The molecule has 0 radical (unpaired) electrons. The molecule has 0 atom stereocenters. The summed E-state index contributed by atoms with van der Waals surface area (Å²) in [5.74, 6) is -2.91. The van der Waals surface area contributed by atoms with Crippen molar-refractivity contribution in [3.8, 4) is 0 Å². The zero-order valence-corrected chi connectivity index (χ0v) is 15.2. The lowest BCUT2D eigenvalue weighted by Gasteiger charge is -2.19. The Hall–Kier alpha value is -2.49. The van der Waals surface area contributed by atoms with E-state index in [2.05, 4.69) is 20.8 Å². The van der Waals surface area contributed by atoms with E-state index in [1.807, 2.05) is 20.8 Å². The minimum absolute atomic E-state index is 0.0498. The molecule has 140 valence electrons. The van der Waals surface area contributed by atoms with Gasteiger partial charge in [0.25, 0.3) is 11.1 Å². The van der Waals surface area contributed by atoms with Gasteiger partial charge in [-0.05, 0) is 32.9 Å². The maximum absolute atomic E-state index is 13.5. The molecule has 0 aliphatic heterocycles. The molecule has 0 unspecified atom stereocenters. The smallest absolute Gasteiger partial charge is 0.277 e. The molecule has 0 bridgehead atoms. The van der Waals surface area contributed by atoms with Gasteiger partial charge in [0.2, 0.25) is 11.8 Å². The Labute approximate surface area is 152 Å². The Morgan fingerprint density at radius 3 is 2.46 bits per heavy atom. The van der Waals surface area contributed by atoms with Crippen LogP contribution < -0.4 is 10.6 Å². The summed E-state index contributed by atoms with van der Waals surface area (Å²) in [4.78, 5) is 23.6. The number of carbonyl (C=O) groups excluding carboxylic acids is 2. The number of halogens is 2. The molecule has 2 N–H and O–H groups in total. The van der Waals surface area contributed by atoms with Gasteiger partial charge in [-0.3, -0.25) is 9.59 Å². The summed E-state index contributed by atoms with van der Waals surface area (Å²) in [5, 5.41) is 12.7. The zero-order chi connectivity index (χ0) is 19.3. The molecule has 1 aromatic carbocycles. The first kappa shape index (κ1) is 19.8. The molecule has 0 fully saturated rings. The van der Waals surface area contributed by atoms with Crippen LogP contribution in [0.25, 0.3) is 0 Å². The summed E-state index contributed by atoms with van der Waals surface area (Å²) in [6.45, 7) is 5.39. The number of nitrogens with zero attached hydrogens (tertiary/aromatic N) is 2. The average molecular weight is 384 g/mol. The van der Waals surface area contributed by atoms with Crippen LogP contribution in [-0.2, 0) is 11.3 Å². The highest BCUT2D eigenvalue weighted by atomic mass is 32.2. The van der Waals surface area contributed by atoms with Crippen LogP contribution >= 0.6 is 11.8 Å². The summed E-state index contributed by atoms with van der Waals surface area (Å²) in [7, 11) is 0. The van der Waals surface area contributed by atoms with Crippen molar-refractivity contribution in [1.82, 2.24) is 20.8 Å². The van der Waals surface area contributed by atoms with Crippen LogP contribution in [0.1, 0.15) is 37.0 Å². The van der Waals surface area contributed by atoms with Crippen LogP contribution in [0.3, 0.4) is 0 Å². The quantitative estimate of drug-likeness (QED) is 0.742. The monoisotopic (exact) mass is 384 g/mol. The second-order valence-corrected chi connectivity index (χ2v) is 7.25. The van der Waals surface area contributed by atoms with E-state index in [-0.39, 0.29) is 34.9 Å². The number of nitrogens with one attached hydrogen (secondary N) is 2. The SMILES string of the molecule is CC(C)(C)NC(=O)CSc1nnc(CNC(=O)c2c(F)cccc2F)o1. The fraction of sp³-hybridized carbons (Fsp3) is 0.375. The maximum Gasteiger partial charge on any atom is 0.277 e. The largest absolute Gasteiger partial charge is 0.414 e. The van der Waals surface area contributed by atoms with Crippen molar-refractivity contribution < 1.29 is 22.8 Å². The molecule has 0 spiro atoms. The van der Waals surface area contributed by atoms with Gasteiger partial charge < -0.3 is 15.1 Å². The predicted octanol–water partition coefficient (Wildman–Crippen LogP) is 2.28. The third kappa shape index (κ3) is 5.80. The number of hydrogen-bond donors (Lipinski definition) is 2. The van der Waals surface area contributed by atoms with Crippen LogP contribution in [0.4, 0.5) is 8.78 Å². The molecular formula is C16H18F2N4O3S. The van der Waals surface area contributed by atoms with Gasteiger partial charge in [0.15, 0.2) is 0 Å². The predicted molar refractivity (Wildman–Crippen MR) is 90.4 cm³/mol. The van der Waals surface area contributed by atoms with Crippen LogP contribution in [0.2, 0.25) is 0 Å². The van der Waals surface area contributed by atoms with Gasteiger partial charge in [-0.1, -0.05) is 17.8 Å². The normalized spacial score (nSPS) is 11.3. The summed E-state index contributed by atoms with van der Waals surface area (Å²) in [6, 6.07) is 3.14. The molecule has 0 aliphatic carbocycles. The van der Waals surface area contributed by atoms with Crippen molar-refractivity contribution in [3.63, 3.8) is 0 Å². The summed E-state index contributed by atoms with van der Waals surface area (Å²) < 4.78 is 32.3. The molecule has 0 saturated carbocycles. The van der Waals surface area contributed by atoms with Crippen molar-refractivity contribution in [3.05, 3.63) is 41.3 Å². The molecule has 0 saturated heterocycles. The van der Waals surface area contributed by atoms with E-state index < -0.39 is 23.1 Å². The van der Waals surface area contributed by atoms with Gasteiger partial charge in [-0.25, -0.2) is 8.78 Å². The van der Waals surface area contributed by atoms with Crippen molar-refractivity contribution in [2.45, 2.75) is 38.1 Å². The molecule has 7 nitrogen and oxygen atoms in total. The van der Waals surface area contributed by atoms with Crippen LogP contribution in [0.15, 0.2) is 27.8 Å². The third-order valence-electron chi connectivity index (χ3n) is 2.88. The lowest BCUT2D eigenvalue weighted by molar-refractivity contribution is -0.119. The second-order valence-electron chi connectivity index (χ2n) is 6.33. The van der Waals surface area contributed by atoms with Gasteiger partial charge >= 0.3 is 0 Å². The van der Waals surface area contributed by atoms with E-state index in [9.17, 15) is 18.4 Å². The Balaban J connectivity index is 1.87. The highest BCUT2D eigenvalue weighted by Gasteiger charge is 2.18. The van der Waals surface area contributed by atoms with E-state index in [0.29, 0.717) is 0 Å². The van der Waals surface area contributed by atoms with Crippen LogP contribution in [0.5, 0.6) is 0 Å². The first-order valence-electron chi connectivity index (χ1n) is 7.64. The Morgan fingerprint density at radius 1 is 1.19 bits per heavy atom. The molecule has 2 rings (SSSR count). The summed E-state index contributed by atoms with van der Waals surface area (Å²) in [5.41, 5.74) is -1.02. The summed E-state index contributed by atoms with van der Waals surface area (Å²) in [6.07, 6.45) is 0. The highest BCUT2D eigenvalue weighted by Crippen LogP contribution is 2.16. The number of rotatable bonds is 6. The van der Waals surface area contributed by atoms with Crippen molar-refractivity contribution in [2.24, 2.45) is 0 Å². The van der Waals surface area contributed by atoms with Gasteiger partial charge in [0, 0.05) is 5.54 Å². The first-order valence-corrected chi connectivity index (χ1v) is 8.62. The number of thioether (sulfide) groups is 1. The average Bonchev–Trinajstić information content (AvgIpc) is 2.97. The van der Waals surface area contributed by atoms with E-state index in [4.69, 9.17) is 4.42 Å². The standard InChI is InChI=1S/C16H18F2N4O3S/c1-16(2,3)20-11(23)8-26-15-22-21-12(25-15)7-19-14(24)13-9(17)5-4-6-10(13)18/h4-6H,7-8H2,1-3H3,(H,19,24)(H,20,23). The number of amides is 2. The van der Waals surface area contributed by atoms with Gasteiger partial charge in [0.1, 0.15) is 17.2 Å². The number of benzene rings is 1. The molecule has 1 aromatic heterocycles. The van der Waals surface area contributed by atoms with Crippen LogP contribution in [-0.4, -0.2) is 33.3 Å². The molecule has 2 amide bonds. The lowest BCUT2D eigenvalue weighted by atomic mass is 10.1. The van der Waals surface area contributed by atoms with Crippen molar-refractivity contribution in [1.29, 1.82) is 0 Å². The molecule has 1 heterocycles. The molecule has 2 aromatic rings. The Bertz CT molecular complexity index is 785. The number of carbonyl (C=O) groups is 2. The second kappa shape index (κ2) is 8.26. The molecule has 26 heavy (non-hydrogen) atoms. The Kier molecular flexibility index (Phi) is 6.30. The van der Waals surface area contributed by atoms with E-state index in [1.54, 1.807) is 0 Å². The van der Waals surface area contributed by atoms with Crippen LogP contribution in [0, 0.1) is 11.6 Å². The third-order valence-corrected chi connectivity index (χ3v) is 3.70. The van der Waals surface area contributed by atoms with E-state index in [0.717, 1.165) is 23.9 Å². The number of aromatic nitrogens is 2. The molecule has 10 heteroatoms. The van der Waals surface area contributed by atoms with Gasteiger partial charge in [0.05, 0.1) is 12.3 Å². The summed E-state index contributed by atoms with van der Waals surface area (Å²) >= 11 is 1.04. The number of hydrogen-bond acceptors (Lipinski definition) is 6.